The van der Waals surface area contributed by atoms with E-state index in [4.69, 9.17) is 11.6 Å². The maximum Gasteiger partial charge on any atom is 0.319 e. The van der Waals surface area contributed by atoms with Gasteiger partial charge in [0.05, 0.1) is 0 Å². The highest BCUT2D eigenvalue weighted by Gasteiger charge is 2.13. The van der Waals surface area contributed by atoms with Crippen molar-refractivity contribution in [3.63, 3.8) is 0 Å². The van der Waals surface area contributed by atoms with Gasteiger partial charge in [-0.05, 0) is 48.5 Å². The molecule has 0 saturated heterocycles. The van der Waals surface area contributed by atoms with Crippen LogP contribution in [0, 0.1) is 0 Å². The van der Waals surface area contributed by atoms with Crippen molar-refractivity contribution in [2.75, 3.05) is 37.9 Å². The number of carbonyl (C=O) groups excluding carboxylic acids is 3. The van der Waals surface area contributed by atoms with Crippen LogP contribution in [0.25, 0.3) is 0 Å². The number of anilines is 2. The zero-order valence-electron chi connectivity index (χ0n) is 16.0. The molecule has 2 aromatic carbocycles. The van der Waals surface area contributed by atoms with Gasteiger partial charge in [-0.3, -0.25) is 9.59 Å². The Labute approximate surface area is 169 Å². The van der Waals surface area contributed by atoms with Crippen molar-refractivity contribution in [1.82, 2.24) is 10.2 Å². The molecule has 0 aliphatic carbocycles. The number of hydrogen-bond donors (Lipinski definition) is 2. The van der Waals surface area contributed by atoms with Gasteiger partial charge in [0, 0.05) is 56.1 Å². The summed E-state index contributed by atoms with van der Waals surface area (Å²) in [7, 11) is 5.01. The molecule has 0 saturated carbocycles. The molecular weight excluding hydrogens is 380 g/mol. The molecule has 0 heterocycles. The van der Waals surface area contributed by atoms with Crippen molar-refractivity contribution >= 4 is 40.8 Å². The molecule has 148 valence electrons. The molecule has 7 nitrogen and oxygen atoms in total. The second kappa shape index (κ2) is 9.75. The van der Waals surface area contributed by atoms with Crippen LogP contribution in [0.3, 0.4) is 0 Å². The molecule has 0 atom stereocenters. The monoisotopic (exact) mass is 402 g/mol. The fourth-order valence-electron chi connectivity index (χ4n) is 2.35. The largest absolute Gasteiger partial charge is 0.349 e. The number of rotatable bonds is 6. The van der Waals surface area contributed by atoms with Gasteiger partial charge >= 0.3 is 6.03 Å². The number of nitrogens with zero attached hydrogens (tertiary/aromatic N) is 2. The molecule has 0 aliphatic heterocycles. The molecule has 0 spiro atoms. The van der Waals surface area contributed by atoms with Crippen LogP contribution < -0.4 is 15.5 Å². The molecule has 0 aliphatic rings. The van der Waals surface area contributed by atoms with Gasteiger partial charge in [-0.1, -0.05) is 11.6 Å². The Balaban J connectivity index is 1.90. The number of urea groups is 1. The maximum atomic E-state index is 12.5. The first-order valence-electron chi connectivity index (χ1n) is 8.66. The quantitative estimate of drug-likeness (QED) is 0.778. The van der Waals surface area contributed by atoms with Crippen LogP contribution in [-0.2, 0) is 4.79 Å². The van der Waals surface area contributed by atoms with E-state index < -0.39 is 6.03 Å². The highest BCUT2D eigenvalue weighted by Crippen LogP contribution is 2.19. The normalized spacial score (nSPS) is 10.1. The molecular formula is C20H23ClN4O3. The molecule has 0 radical (unpaired) electrons. The molecule has 2 rings (SSSR count). The molecule has 0 aromatic heterocycles. The van der Waals surface area contributed by atoms with Gasteiger partial charge in [0.1, 0.15) is 0 Å². The van der Waals surface area contributed by atoms with E-state index in [2.05, 4.69) is 10.6 Å². The standard InChI is InChI=1S/C20H23ClN4O3/c1-24(2)18(26)12-13-22-20(28)23-16-8-10-17(11-9-16)25(3)19(27)14-4-6-15(21)7-5-14/h4-11H,12-13H2,1-3H3,(H2,22,23,28). The molecule has 2 N–H and O–H groups in total. The lowest BCUT2D eigenvalue weighted by Crippen LogP contribution is -2.33. The van der Waals surface area contributed by atoms with E-state index in [0.717, 1.165) is 0 Å². The first kappa shape index (κ1) is 21.2. The van der Waals surface area contributed by atoms with Crippen LogP contribution in [0.5, 0.6) is 0 Å². The lowest BCUT2D eigenvalue weighted by atomic mass is 10.2. The van der Waals surface area contributed by atoms with Crippen molar-refractivity contribution in [2.24, 2.45) is 0 Å². The van der Waals surface area contributed by atoms with Crippen LogP contribution in [0.2, 0.25) is 5.02 Å². The lowest BCUT2D eigenvalue weighted by molar-refractivity contribution is -0.128. The second-order valence-electron chi connectivity index (χ2n) is 6.34. The topological polar surface area (TPSA) is 81.8 Å². The number of amides is 4. The summed E-state index contributed by atoms with van der Waals surface area (Å²) in [5.41, 5.74) is 1.79. The summed E-state index contributed by atoms with van der Waals surface area (Å²) >= 11 is 5.85. The van der Waals surface area contributed by atoms with Crippen LogP contribution >= 0.6 is 11.6 Å². The summed E-state index contributed by atoms with van der Waals surface area (Å²) in [5, 5.41) is 5.88. The third kappa shape index (κ3) is 5.99. The lowest BCUT2D eigenvalue weighted by Gasteiger charge is -2.18. The van der Waals surface area contributed by atoms with Crippen molar-refractivity contribution in [1.29, 1.82) is 0 Å². The average molecular weight is 403 g/mol. The van der Waals surface area contributed by atoms with E-state index in [-0.39, 0.29) is 24.8 Å². The molecule has 0 fully saturated rings. The van der Waals surface area contributed by atoms with E-state index in [1.165, 1.54) is 9.80 Å². The third-order valence-electron chi connectivity index (χ3n) is 4.03. The number of carbonyl (C=O) groups is 3. The summed E-state index contributed by atoms with van der Waals surface area (Å²) in [6.45, 7) is 0.249. The fourth-order valence-corrected chi connectivity index (χ4v) is 2.48. The van der Waals surface area contributed by atoms with Crippen molar-refractivity contribution in [2.45, 2.75) is 6.42 Å². The Bertz CT molecular complexity index is 836. The highest BCUT2D eigenvalue weighted by molar-refractivity contribution is 6.30. The fraction of sp³-hybridized carbons (Fsp3) is 0.250. The number of nitrogens with one attached hydrogen (secondary N) is 2. The van der Waals surface area contributed by atoms with E-state index in [1.54, 1.807) is 69.7 Å². The van der Waals surface area contributed by atoms with Crippen molar-refractivity contribution in [3.05, 3.63) is 59.1 Å². The molecule has 8 heteroatoms. The van der Waals surface area contributed by atoms with E-state index in [9.17, 15) is 14.4 Å². The Morgan fingerprint density at radius 3 is 2.11 bits per heavy atom. The van der Waals surface area contributed by atoms with Crippen LogP contribution in [0.4, 0.5) is 16.2 Å². The zero-order valence-corrected chi connectivity index (χ0v) is 16.8. The highest BCUT2D eigenvalue weighted by atomic mass is 35.5. The minimum Gasteiger partial charge on any atom is -0.349 e. The summed E-state index contributed by atoms with van der Waals surface area (Å²) in [5.74, 6) is -0.223. The summed E-state index contributed by atoms with van der Waals surface area (Å²) in [6.07, 6.45) is 0.233. The Hall–Kier alpha value is -3.06. The maximum absolute atomic E-state index is 12.5. The third-order valence-corrected chi connectivity index (χ3v) is 4.28. The predicted molar refractivity (Wildman–Crippen MR) is 111 cm³/mol. The van der Waals surface area contributed by atoms with Gasteiger partial charge in [-0.25, -0.2) is 4.79 Å². The minimum absolute atomic E-state index is 0.0574. The van der Waals surface area contributed by atoms with Gasteiger partial charge in [0.25, 0.3) is 5.91 Å². The van der Waals surface area contributed by atoms with E-state index in [0.29, 0.717) is 22.0 Å². The number of hydrogen-bond acceptors (Lipinski definition) is 3. The first-order valence-corrected chi connectivity index (χ1v) is 9.04. The second-order valence-corrected chi connectivity index (χ2v) is 6.77. The van der Waals surface area contributed by atoms with Gasteiger partial charge in [0.2, 0.25) is 5.91 Å². The average Bonchev–Trinajstić information content (AvgIpc) is 2.68. The first-order chi connectivity index (χ1) is 13.3. The number of benzene rings is 2. The van der Waals surface area contributed by atoms with Crippen LogP contribution in [0.1, 0.15) is 16.8 Å². The predicted octanol–water partition coefficient (Wildman–Crippen LogP) is 3.22. The summed E-state index contributed by atoms with van der Waals surface area (Å²) in [6, 6.07) is 13.1. The van der Waals surface area contributed by atoms with Crippen LogP contribution in [-0.4, -0.2) is 50.4 Å². The van der Waals surface area contributed by atoms with E-state index in [1.807, 2.05) is 0 Å². The van der Waals surface area contributed by atoms with Gasteiger partial charge in [0.15, 0.2) is 0 Å². The molecule has 28 heavy (non-hydrogen) atoms. The Morgan fingerprint density at radius 2 is 1.54 bits per heavy atom. The summed E-state index contributed by atoms with van der Waals surface area (Å²) < 4.78 is 0. The molecule has 0 bridgehead atoms. The van der Waals surface area contributed by atoms with E-state index >= 15 is 0 Å². The minimum atomic E-state index is -0.398. The molecule has 4 amide bonds. The van der Waals surface area contributed by atoms with Crippen molar-refractivity contribution < 1.29 is 14.4 Å². The van der Waals surface area contributed by atoms with Gasteiger partial charge < -0.3 is 20.4 Å². The van der Waals surface area contributed by atoms with Crippen molar-refractivity contribution in [3.8, 4) is 0 Å². The zero-order chi connectivity index (χ0) is 20.7. The molecule has 2 aromatic rings. The van der Waals surface area contributed by atoms with Gasteiger partial charge in [-0.15, -0.1) is 0 Å². The summed E-state index contributed by atoms with van der Waals surface area (Å²) in [4.78, 5) is 38.9. The smallest absolute Gasteiger partial charge is 0.319 e. The van der Waals surface area contributed by atoms with Gasteiger partial charge in [-0.2, -0.15) is 0 Å². The molecule has 0 unspecified atom stereocenters. The van der Waals surface area contributed by atoms with Crippen LogP contribution in [0.15, 0.2) is 48.5 Å². The Morgan fingerprint density at radius 1 is 0.929 bits per heavy atom. The SMILES string of the molecule is CN(C)C(=O)CCNC(=O)Nc1ccc(N(C)C(=O)c2ccc(Cl)cc2)cc1. The number of halogens is 1. The Kier molecular flexibility index (Phi) is 7.40.